The third-order valence-corrected chi connectivity index (χ3v) is 2.48. The Morgan fingerprint density at radius 2 is 2.19 bits per heavy atom. The molecule has 0 N–H and O–H groups in total. The minimum absolute atomic E-state index is 0.306. The molecule has 2 rings (SSSR count). The fourth-order valence-electron chi connectivity index (χ4n) is 1.32. The number of halogens is 3. The van der Waals surface area contributed by atoms with E-state index in [1.807, 2.05) is 0 Å². The third-order valence-electron chi connectivity index (χ3n) is 2.06. The molecule has 1 aromatic heterocycles. The smallest absolute Gasteiger partial charge is 0.196 e. The largest absolute Gasteiger partial charge is 0.441 e. The van der Waals surface area contributed by atoms with Gasteiger partial charge in [-0.2, -0.15) is 0 Å². The summed E-state index contributed by atoms with van der Waals surface area (Å²) >= 11 is 11.3. The van der Waals surface area contributed by atoms with E-state index in [1.165, 1.54) is 24.4 Å². The highest BCUT2D eigenvalue weighted by molar-refractivity contribution is 6.30. The molecule has 0 aliphatic heterocycles. The van der Waals surface area contributed by atoms with Crippen LogP contribution in [0.1, 0.15) is 5.89 Å². The highest BCUT2D eigenvalue weighted by atomic mass is 35.5. The predicted octanol–water partition coefficient (Wildman–Crippen LogP) is 3.92. The standard InChI is InChI=1S/C11H8Cl2FNO/c12-4-3-11-15-6-10(16-11)8-5-7(13)1-2-9(8)14/h1-2,5-6H,3-4H2. The maximum Gasteiger partial charge on any atom is 0.196 e. The first kappa shape index (κ1) is 11.4. The summed E-state index contributed by atoms with van der Waals surface area (Å²) in [6.45, 7) is 0. The lowest BCUT2D eigenvalue weighted by atomic mass is 10.2. The molecule has 0 bridgehead atoms. The van der Waals surface area contributed by atoms with Crippen LogP contribution in [0, 0.1) is 5.82 Å². The quantitative estimate of drug-likeness (QED) is 0.782. The predicted molar refractivity (Wildman–Crippen MR) is 61.3 cm³/mol. The molecule has 1 aromatic carbocycles. The van der Waals surface area contributed by atoms with E-state index < -0.39 is 5.82 Å². The molecule has 0 spiro atoms. The molecule has 0 fully saturated rings. The Morgan fingerprint density at radius 1 is 1.38 bits per heavy atom. The lowest BCUT2D eigenvalue weighted by Gasteiger charge is -1.99. The van der Waals surface area contributed by atoms with Gasteiger partial charge in [-0.3, -0.25) is 0 Å². The van der Waals surface area contributed by atoms with Gasteiger partial charge in [-0.25, -0.2) is 9.37 Å². The van der Waals surface area contributed by atoms with Gasteiger partial charge in [-0.05, 0) is 18.2 Å². The summed E-state index contributed by atoms with van der Waals surface area (Å²) in [7, 11) is 0. The number of nitrogens with zero attached hydrogens (tertiary/aromatic N) is 1. The van der Waals surface area contributed by atoms with Crippen molar-refractivity contribution >= 4 is 23.2 Å². The second-order valence-electron chi connectivity index (χ2n) is 3.18. The minimum Gasteiger partial charge on any atom is -0.441 e. The Hall–Kier alpha value is -1.06. The van der Waals surface area contributed by atoms with Crippen molar-refractivity contribution in [2.24, 2.45) is 0 Å². The van der Waals surface area contributed by atoms with Crippen LogP contribution in [0.4, 0.5) is 4.39 Å². The van der Waals surface area contributed by atoms with Gasteiger partial charge in [0.05, 0.1) is 11.8 Å². The van der Waals surface area contributed by atoms with Crippen molar-refractivity contribution in [1.82, 2.24) is 4.98 Å². The molecule has 0 amide bonds. The van der Waals surface area contributed by atoms with E-state index in [0.29, 0.717) is 34.5 Å². The summed E-state index contributed by atoms with van der Waals surface area (Å²) in [5.74, 6) is 0.875. The Morgan fingerprint density at radius 3 is 2.94 bits per heavy atom. The molecule has 5 heteroatoms. The first-order valence-electron chi connectivity index (χ1n) is 4.67. The molecule has 0 saturated carbocycles. The Bertz CT molecular complexity index is 498. The maximum atomic E-state index is 13.5. The van der Waals surface area contributed by atoms with Gasteiger partial charge in [0.2, 0.25) is 0 Å². The molecule has 84 valence electrons. The van der Waals surface area contributed by atoms with E-state index in [9.17, 15) is 4.39 Å². The number of rotatable bonds is 3. The lowest BCUT2D eigenvalue weighted by Crippen LogP contribution is -1.84. The van der Waals surface area contributed by atoms with Crippen LogP contribution in [0.15, 0.2) is 28.8 Å². The van der Waals surface area contributed by atoms with E-state index in [-0.39, 0.29) is 0 Å². The van der Waals surface area contributed by atoms with E-state index in [2.05, 4.69) is 4.98 Å². The maximum absolute atomic E-state index is 13.5. The summed E-state index contributed by atoms with van der Waals surface area (Å²) in [4.78, 5) is 3.99. The van der Waals surface area contributed by atoms with Crippen molar-refractivity contribution in [3.63, 3.8) is 0 Å². The van der Waals surface area contributed by atoms with Gasteiger partial charge < -0.3 is 4.42 Å². The Kier molecular flexibility index (Phi) is 3.46. The number of aryl methyl sites for hydroxylation is 1. The fraction of sp³-hybridized carbons (Fsp3) is 0.182. The van der Waals surface area contributed by atoms with E-state index in [4.69, 9.17) is 27.6 Å². The van der Waals surface area contributed by atoms with Gasteiger partial charge >= 0.3 is 0 Å². The molecular weight excluding hydrogens is 252 g/mol. The van der Waals surface area contributed by atoms with Gasteiger partial charge in [0.15, 0.2) is 11.7 Å². The van der Waals surface area contributed by atoms with E-state index in [1.54, 1.807) is 0 Å². The molecule has 2 aromatic rings. The zero-order chi connectivity index (χ0) is 11.5. The van der Waals surface area contributed by atoms with Crippen LogP contribution >= 0.6 is 23.2 Å². The van der Waals surface area contributed by atoms with Crippen LogP contribution in [0.25, 0.3) is 11.3 Å². The third kappa shape index (κ3) is 2.36. The number of alkyl halides is 1. The molecule has 0 saturated heterocycles. The average Bonchev–Trinajstić information content (AvgIpc) is 2.71. The van der Waals surface area contributed by atoms with Crippen LogP contribution < -0.4 is 0 Å². The van der Waals surface area contributed by atoms with Gasteiger partial charge in [-0.15, -0.1) is 11.6 Å². The zero-order valence-electron chi connectivity index (χ0n) is 8.21. The van der Waals surface area contributed by atoms with Gasteiger partial charge in [0, 0.05) is 17.3 Å². The van der Waals surface area contributed by atoms with E-state index >= 15 is 0 Å². The molecule has 1 heterocycles. The summed E-state index contributed by atoms with van der Waals surface area (Å²) < 4.78 is 18.8. The molecule has 16 heavy (non-hydrogen) atoms. The Labute approximate surface area is 102 Å². The number of aromatic nitrogens is 1. The van der Waals surface area contributed by atoms with Gasteiger partial charge in [0.1, 0.15) is 5.82 Å². The van der Waals surface area contributed by atoms with Crippen LogP contribution in [-0.2, 0) is 6.42 Å². The number of hydrogen-bond acceptors (Lipinski definition) is 2. The highest BCUT2D eigenvalue weighted by Crippen LogP contribution is 2.26. The summed E-state index contributed by atoms with van der Waals surface area (Å²) in [5, 5.41) is 0.451. The zero-order valence-corrected chi connectivity index (χ0v) is 9.72. The first-order valence-corrected chi connectivity index (χ1v) is 5.58. The highest BCUT2D eigenvalue weighted by Gasteiger charge is 2.11. The summed E-state index contributed by atoms with van der Waals surface area (Å²) in [6.07, 6.45) is 1.99. The molecule has 0 unspecified atom stereocenters. The van der Waals surface area contributed by atoms with Gasteiger partial charge in [0.25, 0.3) is 0 Å². The lowest BCUT2D eigenvalue weighted by molar-refractivity contribution is 0.510. The van der Waals surface area contributed by atoms with Crippen LogP contribution in [0.3, 0.4) is 0 Å². The second kappa shape index (κ2) is 4.85. The van der Waals surface area contributed by atoms with Crippen LogP contribution in [-0.4, -0.2) is 10.9 Å². The Balaban J connectivity index is 2.38. The van der Waals surface area contributed by atoms with Crippen LogP contribution in [0.5, 0.6) is 0 Å². The number of hydrogen-bond donors (Lipinski definition) is 0. The normalized spacial score (nSPS) is 10.7. The van der Waals surface area contributed by atoms with Crippen molar-refractivity contribution in [2.45, 2.75) is 6.42 Å². The van der Waals surface area contributed by atoms with Gasteiger partial charge in [-0.1, -0.05) is 11.6 Å². The SMILES string of the molecule is Fc1ccc(Cl)cc1-c1cnc(CCCl)o1. The molecule has 0 radical (unpaired) electrons. The number of oxazole rings is 1. The van der Waals surface area contributed by atoms with Crippen molar-refractivity contribution < 1.29 is 8.81 Å². The number of benzene rings is 1. The molecular formula is C11H8Cl2FNO. The first-order chi connectivity index (χ1) is 7.70. The summed E-state index contributed by atoms with van der Waals surface area (Å²) in [5.41, 5.74) is 0.306. The monoisotopic (exact) mass is 259 g/mol. The summed E-state index contributed by atoms with van der Waals surface area (Å²) in [6, 6.07) is 4.28. The van der Waals surface area contributed by atoms with Crippen molar-refractivity contribution in [2.75, 3.05) is 5.88 Å². The van der Waals surface area contributed by atoms with Crippen LogP contribution in [0.2, 0.25) is 5.02 Å². The topological polar surface area (TPSA) is 26.0 Å². The minimum atomic E-state index is -0.391. The van der Waals surface area contributed by atoms with E-state index in [0.717, 1.165) is 0 Å². The van der Waals surface area contributed by atoms with Crippen molar-refractivity contribution in [3.05, 3.63) is 41.1 Å². The second-order valence-corrected chi connectivity index (χ2v) is 4.00. The average molecular weight is 260 g/mol. The fourth-order valence-corrected chi connectivity index (χ4v) is 1.65. The molecule has 0 aliphatic rings. The molecule has 2 nitrogen and oxygen atoms in total. The van der Waals surface area contributed by atoms with Crippen molar-refractivity contribution in [1.29, 1.82) is 0 Å². The molecule has 0 atom stereocenters. The molecule has 0 aliphatic carbocycles. The van der Waals surface area contributed by atoms with Crippen molar-refractivity contribution in [3.8, 4) is 11.3 Å².